The molecule has 0 saturated heterocycles. The summed E-state index contributed by atoms with van der Waals surface area (Å²) in [6.07, 6.45) is -1.39. The monoisotopic (exact) mass is 354 g/mol. The molecule has 0 N–H and O–H groups in total. The Balaban J connectivity index is 4.31. The van der Waals surface area contributed by atoms with Crippen LogP contribution in [0.5, 0.6) is 0 Å². The molecule has 0 radical (unpaired) electrons. The third-order valence-electron chi connectivity index (χ3n) is 2.20. The highest BCUT2D eigenvalue weighted by Crippen LogP contribution is 2.47. The SMILES string of the molecule is CCOC(=O)C(=O)OCC(C)OC(=O)CP(=O)(OCC)OCC. The van der Waals surface area contributed by atoms with Crippen LogP contribution >= 0.6 is 7.60 Å². The van der Waals surface area contributed by atoms with Crippen molar-refractivity contribution in [1.82, 2.24) is 0 Å². The third-order valence-corrected chi connectivity index (χ3v) is 4.15. The number of hydrogen-bond acceptors (Lipinski definition) is 9. The number of ether oxygens (including phenoxy) is 3. The van der Waals surface area contributed by atoms with E-state index in [0.717, 1.165) is 0 Å². The number of carbonyl (C=O) groups excluding carboxylic acids is 3. The van der Waals surface area contributed by atoms with Gasteiger partial charge < -0.3 is 23.3 Å². The second-order valence-electron chi connectivity index (χ2n) is 4.22. The van der Waals surface area contributed by atoms with Crippen LogP contribution in [0.25, 0.3) is 0 Å². The van der Waals surface area contributed by atoms with E-state index in [1.54, 1.807) is 20.8 Å². The summed E-state index contributed by atoms with van der Waals surface area (Å²) < 4.78 is 36.1. The zero-order valence-electron chi connectivity index (χ0n) is 13.7. The van der Waals surface area contributed by atoms with E-state index in [4.69, 9.17) is 13.8 Å². The molecule has 1 unspecified atom stereocenters. The summed E-state index contributed by atoms with van der Waals surface area (Å²) in [6, 6.07) is 0. The average Bonchev–Trinajstić information content (AvgIpc) is 2.44. The van der Waals surface area contributed by atoms with Crippen molar-refractivity contribution in [3.63, 3.8) is 0 Å². The van der Waals surface area contributed by atoms with E-state index >= 15 is 0 Å². The number of esters is 3. The van der Waals surface area contributed by atoms with Crippen molar-refractivity contribution in [1.29, 1.82) is 0 Å². The van der Waals surface area contributed by atoms with Crippen LogP contribution in [0, 0.1) is 0 Å². The molecular formula is C13H23O9P. The van der Waals surface area contributed by atoms with Gasteiger partial charge >= 0.3 is 25.5 Å². The molecule has 0 rings (SSSR count). The topological polar surface area (TPSA) is 114 Å². The maximum Gasteiger partial charge on any atom is 0.417 e. The minimum Gasteiger partial charge on any atom is -0.459 e. The van der Waals surface area contributed by atoms with Crippen LogP contribution in [0.4, 0.5) is 0 Å². The summed E-state index contributed by atoms with van der Waals surface area (Å²) in [5, 5.41) is 0. The van der Waals surface area contributed by atoms with Gasteiger partial charge in [-0.25, -0.2) is 9.59 Å². The quantitative estimate of drug-likeness (QED) is 0.248. The van der Waals surface area contributed by atoms with Crippen LogP contribution < -0.4 is 0 Å². The predicted octanol–water partition coefficient (Wildman–Crippen LogP) is 1.29. The lowest BCUT2D eigenvalue weighted by Crippen LogP contribution is -2.27. The Kier molecular flexibility index (Phi) is 10.5. The Bertz CT molecular complexity index is 439. The highest BCUT2D eigenvalue weighted by Gasteiger charge is 2.29. The fourth-order valence-electron chi connectivity index (χ4n) is 1.42. The molecule has 0 fully saturated rings. The molecule has 0 heterocycles. The smallest absolute Gasteiger partial charge is 0.417 e. The summed E-state index contributed by atoms with van der Waals surface area (Å²) in [6.45, 7) is 6.18. The molecule has 0 bridgehead atoms. The van der Waals surface area contributed by atoms with Crippen molar-refractivity contribution in [2.45, 2.75) is 33.8 Å². The molecule has 10 heteroatoms. The molecule has 0 aliphatic heterocycles. The van der Waals surface area contributed by atoms with Gasteiger partial charge in [-0.2, -0.15) is 0 Å². The standard InChI is InChI=1S/C13H23O9P/c1-5-18-12(15)13(16)19-8-10(4)22-11(14)9-23(17,20-6-2)21-7-3/h10H,5-9H2,1-4H3. The molecular weight excluding hydrogens is 331 g/mol. The lowest BCUT2D eigenvalue weighted by atomic mass is 10.4. The molecule has 0 aromatic heterocycles. The van der Waals surface area contributed by atoms with Crippen LogP contribution in [0.15, 0.2) is 0 Å². The first kappa shape index (κ1) is 21.6. The summed E-state index contributed by atoms with van der Waals surface area (Å²) in [5.74, 6) is -3.12. The molecule has 9 nitrogen and oxygen atoms in total. The molecule has 0 aromatic rings. The van der Waals surface area contributed by atoms with Crippen molar-refractivity contribution in [2.24, 2.45) is 0 Å². The fraction of sp³-hybridized carbons (Fsp3) is 0.769. The fourth-order valence-corrected chi connectivity index (χ4v) is 2.85. The van der Waals surface area contributed by atoms with Crippen LogP contribution in [0.2, 0.25) is 0 Å². The molecule has 23 heavy (non-hydrogen) atoms. The second kappa shape index (κ2) is 11.2. The lowest BCUT2D eigenvalue weighted by molar-refractivity contribution is -0.170. The summed E-state index contributed by atoms with van der Waals surface area (Å²) in [7, 11) is -3.55. The van der Waals surface area contributed by atoms with E-state index in [1.165, 1.54) is 6.92 Å². The molecule has 0 amide bonds. The minimum absolute atomic E-state index is 0.0443. The highest BCUT2D eigenvalue weighted by atomic mass is 31.2. The van der Waals surface area contributed by atoms with Gasteiger partial charge in [0, 0.05) is 0 Å². The molecule has 0 aliphatic carbocycles. The van der Waals surface area contributed by atoms with Gasteiger partial charge in [0.05, 0.1) is 19.8 Å². The van der Waals surface area contributed by atoms with Gasteiger partial charge in [0.25, 0.3) is 0 Å². The molecule has 0 saturated carbocycles. The lowest BCUT2D eigenvalue weighted by Gasteiger charge is -2.18. The minimum atomic E-state index is -3.55. The van der Waals surface area contributed by atoms with Crippen LogP contribution in [0.1, 0.15) is 27.7 Å². The van der Waals surface area contributed by atoms with Crippen LogP contribution in [-0.4, -0.2) is 56.6 Å². The average molecular weight is 354 g/mol. The van der Waals surface area contributed by atoms with E-state index in [0.29, 0.717) is 0 Å². The van der Waals surface area contributed by atoms with Crippen LogP contribution in [-0.2, 0) is 42.2 Å². The Morgan fingerprint density at radius 1 is 0.913 bits per heavy atom. The van der Waals surface area contributed by atoms with Gasteiger partial charge in [-0.3, -0.25) is 9.36 Å². The maximum atomic E-state index is 12.1. The van der Waals surface area contributed by atoms with Crippen molar-refractivity contribution in [3.05, 3.63) is 0 Å². The molecule has 134 valence electrons. The number of carbonyl (C=O) groups is 3. The first-order chi connectivity index (χ1) is 10.8. The van der Waals surface area contributed by atoms with E-state index in [9.17, 15) is 18.9 Å². The molecule has 0 aromatic carbocycles. The zero-order chi connectivity index (χ0) is 17.9. The first-order valence-corrected chi connectivity index (χ1v) is 8.92. The molecule has 0 spiro atoms. The van der Waals surface area contributed by atoms with Gasteiger partial charge in [-0.05, 0) is 27.7 Å². The summed E-state index contributed by atoms with van der Waals surface area (Å²) in [4.78, 5) is 33.9. The highest BCUT2D eigenvalue weighted by molar-refractivity contribution is 7.54. The van der Waals surface area contributed by atoms with Crippen molar-refractivity contribution >= 4 is 25.5 Å². The van der Waals surface area contributed by atoms with Crippen molar-refractivity contribution in [2.75, 3.05) is 32.6 Å². The Morgan fingerprint density at radius 3 is 1.91 bits per heavy atom. The molecule has 0 aliphatic rings. The van der Waals surface area contributed by atoms with E-state index < -0.39 is 37.8 Å². The first-order valence-electron chi connectivity index (χ1n) is 7.19. The summed E-state index contributed by atoms with van der Waals surface area (Å²) in [5.41, 5.74) is 0. The van der Waals surface area contributed by atoms with Gasteiger partial charge in [0.1, 0.15) is 18.9 Å². The van der Waals surface area contributed by atoms with Crippen molar-refractivity contribution < 1.29 is 42.2 Å². The molecule has 1 atom stereocenters. The number of rotatable bonds is 10. The maximum absolute atomic E-state index is 12.1. The summed E-state index contributed by atoms with van der Waals surface area (Å²) >= 11 is 0. The van der Waals surface area contributed by atoms with E-state index in [2.05, 4.69) is 9.47 Å². The van der Waals surface area contributed by atoms with Gasteiger partial charge in [0.2, 0.25) is 0 Å². The van der Waals surface area contributed by atoms with Gasteiger partial charge in [-0.15, -0.1) is 0 Å². The van der Waals surface area contributed by atoms with Gasteiger partial charge in [0.15, 0.2) is 0 Å². The van der Waals surface area contributed by atoms with Crippen molar-refractivity contribution in [3.8, 4) is 0 Å². The largest absolute Gasteiger partial charge is 0.459 e. The Hall–Kier alpha value is -1.44. The third kappa shape index (κ3) is 9.32. The predicted molar refractivity (Wildman–Crippen MR) is 78.9 cm³/mol. The normalized spacial score (nSPS) is 12.3. The van der Waals surface area contributed by atoms with E-state index in [1.807, 2.05) is 0 Å². The Labute approximate surface area is 135 Å². The second-order valence-corrected chi connectivity index (χ2v) is 6.28. The van der Waals surface area contributed by atoms with Gasteiger partial charge in [-0.1, -0.05) is 0 Å². The zero-order valence-corrected chi connectivity index (χ0v) is 14.6. The van der Waals surface area contributed by atoms with E-state index in [-0.39, 0.29) is 26.4 Å². The number of hydrogen-bond donors (Lipinski definition) is 0. The Morgan fingerprint density at radius 2 is 1.43 bits per heavy atom. The van der Waals surface area contributed by atoms with Crippen LogP contribution in [0.3, 0.4) is 0 Å².